The van der Waals surface area contributed by atoms with Crippen LogP contribution in [0.4, 0.5) is 0 Å². The van der Waals surface area contributed by atoms with Gasteiger partial charge in [-0.25, -0.2) is 4.98 Å². The maximum absolute atomic E-state index is 6.06. The number of hydrogen-bond acceptors (Lipinski definition) is 4. The molecule has 2 heterocycles. The molecule has 0 bridgehead atoms. The Hall–Kier alpha value is -1.49. The van der Waals surface area contributed by atoms with Gasteiger partial charge in [-0.1, -0.05) is 6.58 Å². The summed E-state index contributed by atoms with van der Waals surface area (Å²) in [5, 5.41) is 0. The van der Waals surface area contributed by atoms with Crippen LogP contribution in [-0.4, -0.2) is 24.8 Å². The summed E-state index contributed by atoms with van der Waals surface area (Å²) in [7, 11) is 1.28. The van der Waals surface area contributed by atoms with Crippen LogP contribution in [0.3, 0.4) is 0 Å². The topological polar surface area (TPSA) is 40.6 Å². The molecule has 1 aliphatic carbocycles. The molecule has 1 saturated heterocycles. The summed E-state index contributed by atoms with van der Waals surface area (Å²) in [5.41, 5.74) is 4.03. The smallest absolute Gasteiger partial charge is 0.534 e. The normalized spacial score (nSPS) is 20.2. The van der Waals surface area contributed by atoms with Crippen molar-refractivity contribution in [3.05, 3.63) is 29.2 Å². The lowest BCUT2D eigenvalue weighted by molar-refractivity contribution is 0.173. The Labute approximate surface area is 126 Å². The summed E-state index contributed by atoms with van der Waals surface area (Å²) in [6.07, 6.45) is 4.40. The molecule has 21 heavy (non-hydrogen) atoms. The molecule has 0 unspecified atom stereocenters. The zero-order chi connectivity index (χ0) is 15.2. The highest BCUT2D eigenvalue weighted by Crippen LogP contribution is 2.33. The van der Waals surface area contributed by atoms with Gasteiger partial charge in [0.2, 0.25) is 5.88 Å². The zero-order valence-electron chi connectivity index (χ0n) is 13.3. The van der Waals surface area contributed by atoms with Crippen molar-refractivity contribution in [2.45, 2.75) is 52.1 Å². The van der Waals surface area contributed by atoms with Crippen LogP contribution in [0.1, 0.15) is 43.5 Å². The highest BCUT2D eigenvalue weighted by Gasteiger charge is 2.45. The van der Waals surface area contributed by atoms with Crippen molar-refractivity contribution in [1.82, 2.24) is 4.98 Å². The largest absolute Gasteiger partial charge is 0.565 e. The maximum Gasteiger partial charge on any atom is 0.565 e. The fraction of sp³-hybridized carbons (Fsp3) is 0.562. The summed E-state index contributed by atoms with van der Waals surface area (Å²) in [5.74, 6) is 1.43. The Bertz CT molecular complexity index is 598. The predicted molar refractivity (Wildman–Crippen MR) is 82.9 cm³/mol. The van der Waals surface area contributed by atoms with Crippen LogP contribution in [-0.2, 0) is 22.2 Å². The molecule has 0 spiro atoms. The third-order valence-electron chi connectivity index (χ3n) is 4.46. The van der Waals surface area contributed by atoms with Crippen molar-refractivity contribution < 1.29 is 14.0 Å². The third kappa shape index (κ3) is 2.33. The monoisotopic (exact) mass is 287 g/mol. The number of rotatable bonds is 2. The molecule has 0 atom stereocenters. The summed E-state index contributed by atoms with van der Waals surface area (Å²) >= 11 is 0. The van der Waals surface area contributed by atoms with Crippen LogP contribution in [0.2, 0.25) is 0 Å². The molecule has 5 heteroatoms. The first-order chi connectivity index (χ1) is 9.94. The van der Waals surface area contributed by atoms with E-state index < -0.39 is 12.7 Å². The van der Waals surface area contributed by atoms with E-state index in [1.807, 2.05) is 20.8 Å². The molecular weight excluding hydrogens is 265 g/mol. The molecule has 4 nitrogen and oxygen atoms in total. The molecule has 112 valence electrons. The second-order valence-corrected chi connectivity index (χ2v) is 6.29. The van der Waals surface area contributed by atoms with Crippen LogP contribution >= 0.6 is 0 Å². The van der Waals surface area contributed by atoms with E-state index in [1.165, 1.54) is 24.0 Å². The Balaban J connectivity index is 2.09. The van der Waals surface area contributed by atoms with Crippen molar-refractivity contribution >= 4 is 12.6 Å². The first kappa shape index (κ1) is 14.5. The molecule has 3 rings (SSSR count). The number of methoxy groups -OCH3 is 1. The lowest BCUT2D eigenvalue weighted by Gasteiger charge is -2.23. The highest BCUT2D eigenvalue weighted by molar-refractivity contribution is 6.63. The molecule has 1 aromatic heterocycles. The van der Waals surface area contributed by atoms with Crippen LogP contribution in [0.25, 0.3) is 0 Å². The van der Waals surface area contributed by atoms with E-state index in [9.17, 15) is 0 Å². The van der Waals surface area contributed by atoms with Crippen molar-refractivity contribution in [2.24, 2.45) is 0 Å². The van der Waals surface area contributed by atoms with Gasteiger partial charge in [-0.15, -0.1) is 0 Å². The Morgan fingerprint density at radius 3 is 2.48 bits per heavy atom. The van der Waals surface area contributed by atoms with Crippen LogP contribution in [0.5, 0.6) is 5.88 Å². The number of fused-ring (bicyclic) bond motifs is 1. The molecule has 1 aromatic rings. The zero-order valence-corrected chi connectivity index (χ0v) is 13.3. The lowest BCUT2D eigenvalue weighted by atomic mass is 9.71. The lowest BCUT2D eigenvalue weighted by Crippen LogP contribution is -2.40. The van der Waals surface area contributed by atoms with Crippen LogP contribution < -0.4 is 10.2 Å². The average molecular weight is 287 g/mol. The Kier molecular flexibility index (Phi) is 3.48. The van der Waals surface area contributed by atoms with Gasteiger partial charge < -0.3 is 14.0 Å². The van der Waals surface area contributed by atoms with E-state index in [-0.39, 0.29) is 0 Å². The van der Waals surface area contributed by atoms with Crippen molar-refractivity contribution in [2.75, 3.05) is 7.11 Å². The van der Waals surface area contributed by atoms with E-state index >= 15 is 0 Å². The molecule has 0 N–H and O–H groups in total. The molecule has 1 fully saturated rings. The summed E-state index contributed by atoms with van der Waals surface area (Å²) in [6, 6.07) is 0. The first-order valence-electron chi connectivity index (χ1n) is 7.54. The van der Waals surface area contributed by atoms with Gasteiger partial charge in [0.25, 0.3) is 0 Å². The second kappa shape index (κ2) is 5.06. The SMILES string of the molecule is C=C1OB(c2c(C)nc(OC)c3c2CCCC3)OC1(C)C. The van der Waals surface area contributed by atoms with Gasteiger partial charge in [-0.2, -0.15) is 0 Å². The Morgan fingerprint density at radius 1 is 1.24 bits per heavy atom. The van der Waals surface area contributed by atoms with E-state index in [0.717, 1.165) is 29.9 Å². The molecule has 0 amide bonds. The molecular formula is C16H22BNO3. The third-order valence-corrected chi connectivity index (χ3v) is 4.46. The predicted octanol–water partition coefficient (Wildman–Crippen LogP) is 2.31. The minimum absolute atomic E-state index is 0.405. The fourth-order valence-corrected chi connectivity index (χ4v) is 3.16. The van der Waals surface area contributed by atoms with Gasteiger partial charge in [0, 0.05) is 16.7 Å². The van der Waals surface area contributed by atoms with Crippen LogP contribution in [0, 0.1) is 6.92 Å². The number of aromatic nitrogens is 1. The van der Waals surface area contributed by atoms with E-state index in [0.29, 0.717) is 5.76 Å². The van der Waals surface area contributed by atoms with Gasteiger partial charge in [-0.3, -0.25) is 0 Å². The number of ether oxygens (including phenoxy) is 1. The van der Waals surface area contributed by atoms with Gasteiger partial charge in [0.05, 0.1) is 12.9 Å². The minimum Gasteiger partial charge on any atom is -0.534 e. The van der Waals surface area contributed by atoms with E-state index in [1.54, 1.807) is 7.11 Å². The number of hydrogen-bond donors (Lipinski definition) is 0. The highest BCUT2D eigenvalue weighted by atomic mass is 16.7. The summed E-state index contributed by atoms with van der Waals surface area (Å²) in [4.78, 5) is 4.61. The van der Waals surface area contributed by atoms with Gasteiger partial charge in [0.1, 0.15) is 5.60 Å². The number of nitrogens with zero attached hydrogens (tertiary/aromatic N) is 1. The quantitative estimate of drug-likeness (QED) is 0.783. The first-order valence-corrected chi connectivity index (χ1v) is 7.54. The van der Waals surface area contributed by atoms with Gasteiger partial charge in [0.15, 0.2) is 0 Å². The standard InChI is InChI=1S/C16H22BNO3/c1-10-14(17-20-11(2)16(3,4)21-17)12-8-6-7-9-13(12)15(18-10)19-5/h2,6-9H2,1,3-5H3. The number of aryl methyl sites for hydroxylation is 1. The summed E-state index contributed by atoms with van der Waals surface area (Å²) < 4.78 is 17.4. The van der Waals surface area contributed by atoms with Crippen molar-refractivity contribution in [3.63, 3.8) is 0 Å². The van der Waals surface area contributed by atoms with Gasteiger partial charge >= 0.3 is 7.12 Å². The van der Waals surface area contributed by atoms with Crippen LogP contribution in [0.15, 0.2) is 12.3 Å². The fourth-order valence-electron chi connectivity index (χ4n) is 3.16. The second-order valence-electron chi connectivity index (χ2n) is 6.29. The van der Waals surface area contributed by atoms with E-state index in [4.69, 9.17) is 14.0 Å². The molecule has 0 aromatic carbocycles. The average Bonchev–Trinajstić information content (AvgIpc) is 2.71. The molecule has 0 saturated carbocycles. The molecule has 1 aliphatic heterocycles. The maximum atomic E-state index is 6.06. The Morgan fingerprint density at radius 2 is 1.90 bits per heavy atom. The van der Waals surface area contributed by atoms with E-state index in [2.05, 4.69) is 11.6 Å². The minimum atomic E-state index is -0.460. The number of pyridine rings is 1. The van der Waals surface area contributed by atoms with Crippen molar-refractivity contribution in [1.29, 1.82) is 0 Å². The molecule has 0 radical (unpaired) electrons. The summed E-state index contributed by atoms with van der Waals surface area (Å²) in [6.45, 7) is 9.92. The molecule has 2 aliphatic rings. The van der Waals surface area contributed by atoms with Gasteiger partial charge in [-0.05, 0) is 52.0 Å². The van der Waals surface area contributed by atoms with Crippen molar-refractivity contribution in [3.8, 4) is 5.88 Å².